The molecule has 3 rings (SSSR count). The van der Waals surface area contributed by atoms with Gasteiger partial charge in [0.15, 0.2) is 0 Å². The summed E-state index contributed by atoms with van der Waals surface area (Å²) in [4.78, 5) is 6.45. The van der Waals surface area contributed by atoms with Crippen molar-refractivity contribution in [1.82, 2.24) is 9.80 Å². The Kier molecular flexibility index (Phi) is 5.57. The number of aliphatic hydroxyl groups excluding tert-OH is 1. The van der Waals surface area contributed by atoms with Crippen molar-refractivity contribution in [3.63, 3.8) is 0 Å². The zero-order valence-electron chi connectivity index (χ0n) is 12.5. The van der Waals surface area contributed by atoms with E-state index in [1.807, 2.05) is 6.07 Å². The Hall–Kier alpha value is -0.130. The molecule has 3 heterocycles. The van der Waals surface area contributed by atoms with Crippen molar-refractivity contribution in [2.45, 2.75) is 38.3 Å². The largest absolute Gasteiger partial charge is 0.396 e. The average molecular weight is 329 g/mol. The third kappa shape index (κ3) is 3.99. The van der Waals surface area contributed by atoms with Crippen LogP contribution in [0.15, 0.2) is 11.4 Å². The smallest absolute Gasteiger partial charge is 0.0558 e. The number of nitrogens with zero attached hydrogens (tertiary/aromatic N) is 2. The predicted octanol–water partition coefficient (Wildman–Crippen LogP) is 3.07. The van der Waals surface area contributed by atoms with E-state index in [1.54, 1.807) is 11.3 Å². The number of hydrogen-bond acceptors (Lipinski definition) is 4. The Balaban J connectivity index is 1.47. The SMILES string of the molecule is OC[C@H]1CCCN(C2CCN(Cc3sccc3Cl)CC2)C1. The summed E-state index contributed by atoms with van der Waals surface area (Å²) in [7, 11) is 0. The minimum absolute atomic E-state index is 0.353. The molecule has 118 valence electrons. The van der Waals surface area contributed by atoms with E-state index >= 15 is 0 Å². The Labute approximate surface area is 136 Å². The van der Waals surface area contributed by atoms with Gasteiger partial charge in [0.05, 0.1) is 5.02 Å². The Morgan fingerprint density at radius 3 is 2.71 bits per heavy atom. The first-order valence-electron chi connectivity index (χ1n) is 8.05. The number of hydrogen-bond donors (Lipinski definition) is 1. The molecule has 2 aliphatic rings. The van der Waals surface area contributed by atoms with Crippen LogP contribution in [-0.2, 0) is 6.54 Å². The number of aliphatic hydroxyl groups is 1. The summed E-state index contributed by atoms with van der Waals surface area (Å²) in [6, 6.07) is 2.71. The fraction of sp³-hybridized carbons (Fsp3) is 0.750. The third-order valence-electron chi connectivity index (χ3n) is 4.94. The van der Waals surface area contributed by atoms with Crippen LogP contribution in [0.1, 0.15) is 30.6 Å². The van der Waals surface area contributed by atoms with Gasteiger partial charge >= 0.3 is 0 Å². The maximum Gasteiger partial charge on any atom is 0.0558 e. The fourth-order valence-electron chi connectivity index (χ4n) is 3.66. The predicted molar refractivity (Wildman–Crippen MR) is 89.0 cm³/mol. The van der Waals surface area contributed by atoms with Gasteiger partial charge in [0, 0.05) is 43.7 Å². The van der Waals surface area contributed by atoms with Gasteiger partial charge in [-0.1, -0.05) is 11.6 Å². The van der Waals surface area contributed by atoms with Crippen LogP contribution < -0.4 is 0 Å². The fourth-order valence-corrected chi connectivity index (χ4v) is 4.80. The van der Waals surface area contributed by atoms with Gasteiger partial charge in [-0.05, 0) is 49.6 Å². The first-order chi connectivity index (χ1) is 10.3. The van der Waals surface area contributed by atoms with E-state index in [0.717, 1.165) is 24.2 Å². The molecular formula is C16H25ClN2OS. The van der Waals surface area contributed by atoms with Gasteiger partial charge in [-0.15, -0.1) is 11.3 Å². The Bertz CT molecular complexity index is 445. The molecule has 0 radical (unpaired) electrons. The van der Waals surface area contributed by atoms with Crippen molar-refractivity contribution in [3.05, 3.63) is 21.3 Å². The zero-order valence-corrected chi connectivity index (χ0v) is 14.1. The van der Waals surface area contributed by atoms with Crippen LogP contribution in [0.5, 0.6) is 0 Å². The topological polar surface area (TPSA) is 26.7 Å². The molecule has 3 nitrogen and oxygen atoms in total. The summed E-state index contributed by atoms with van der Waals surface area (Å²) in [5, 5.41) is 12.4. The second-order valence-corrected chi connectivity index (χ2v) is 7.79. The van der Waals surface area contributed by atoms with Crippen LogP contribution in [0.25, 0.3) is 0 Å². The minimum atomic E-state index is 0.353. The molecule has 1 N–H and O–H groups in total. The molecule has 0 bridgehead atoms. The van der Waals surface area contributed by atoms with Gasteiger partial charge in [0.2, 0.25) is 0 Å². The molecular weight excluding hydrogens is 304 g/mol. The third-order valence-corrected chi connectivity index (χ3v) is 6.31. The number of piperidine rings is 2. The molecule has 2 fully saturated rings. The quantitative estimate of drug-likeness (QED) is 0.920. The maximum absolute atomic E-state index is 9.37. The van der Waals surface area contributed by atoms with E-state index in [0.29, 0.717) is 12.5 Å². The molecule has 0 spiro atoms. The monoisotopic (exact) mass is 328 g/mol. The minimum Gasteiger partial charge on any atom is -0.396 e. The van der Waals surface area contributed by atoms with Gasteiger partial charge in [-0.2, -0.15) is 0 Å². The molecule has 0 unspecified atom stereocenters. The highest BCUT2D eigenvalue weighted by molar-refractivity contribution is 7.10. The zero-order chi connectivity index (χ0) is 14.7. The molecule has 1 aromatic rings. The van der Waals surface area contributed by atoms with Crippen molar-refractivity contribution in [1.29, 1.82) is 0 Å². The highest BCUT2D eigenvalue weighted by Gasteiger charge is 2.28. The summed E-state index contributed by atoms with van der Waals surface area (Å²) in [6.45, 7) is 6.00. The Morgan fingerprint density at radius 2 is 2.05 bits per heavy atom. The van der Waals surface area contributed by atoms with Crippen molar-refractivity contribution < 1.29 is 5.11 Å². The van der Waals surface area contributed by atoms with Gasteiger partial charge in [-0.3, -0.25) is 9.80 Å². The molecule has 1 aromatic heterocycles. The van der Waals surface area contributed by atoms with Crippen LogP contribution in [0.2, 0.25) is 5.02 Å². The van der Waals surface area contributed by atoms with E-state index in [9.17, 15) is 5.11 Å². The summed E-state index contributed by atoms with van der Waals surface area (Å²) in [5.41, 5.74) is 0. The van der Waals surface area contributed by atoms with Gasteiger partial charge < -0.3 is 5.11 Å². The average Bonchev–Trinajstić information content (AvgIpc) is 2.93. The first-order valence-corrected chi connectivity index (χ1v) is 9.31. The number of rotatable bonds is 4. The van der Waals surface area contributed by atoms with E-state index < -0.39 is 0 Å². The molecule has 2 aliphatic heterocycles. The van der Waals surface area contributed by atoms with Crippen molar-refractivity contribution in [2.24, 2.45) is 5.92 Å². The van der Waals surface area contributed by atoms with Crippen LogP contribution in [0.4, 0.5) is 0 Å². The lowest BCUT2D eigenvalue weighted by molar-refractivity contribution is 0.0528. The summed E-state index contributed by atoms with van der Waals surface area (Å²) in [5.74, 6) is 0.502. The first kappa shape index (κ1) is 15.8. The molecule has 0 amide bonds. The summed E-state index contributed by atoms with van der Waals surface area (Å²) < 4.78 is 0. The van der Waals surface area contributed by atoms with Crippen molar-refractivity contribution in [3.8, 4) is 0 Å². The normalized spacial score (nSPS) is 26.3. The standard InChI is InChI=1S/C16H25ClN2OS/c17-15-5-9-21-16(15)11-18-7-3-14(4-8-18)19-6-1-2-13(10-19)12-20/h5,9,13-14,20H,1-4,6-8,10-12H2/t13-/m0/s1. The Morgan fingerprint density at radius 1 is 1.24 bits per heavy atom. The maximum atomic E-state index is 9.37. The number of halogens is 1. The lowest BCUT2D eigenvalue weighted by Crippen LogP contribution is -2.48. The molecule has 1 atom stereocenters. The molecule has 0 aromatic carbocycles. The second kappa shape index (κ2) is 7.42. The van der Waals surface area contributed by atoms with Crippen LogP contribution in [0.3, 0.4) is 0 Å². The number of likely N-dealkylation sites (tertiary alicyclic amines) is 2. The van der Waals surface area contributed by atoms with Crippen LogP contribution in [0, 0.1) is 5.92 Å². The van der Waals surface area contributed by atoms with Crippen LogP contribution in [-0.4, -0.2) is 53.7 Å². The highest BCUT2D eigenvalue weighted by Crippen LogP contribution is 2.27. The molecule has 0 saturated carbocycles. The lowest BCUT2D eigenvalue weighted by atomic mass is 9.94. The molecule has 5 heteroatoms. The summed E-state index contributed by atoms with van der Waals surface area (Å²) in [6.07, 6.45) is 4.95. The summed E-state index contributed by atoms with van der Waals surface area (Å²) >= 11 is 7.96. The molecule has 0 aliphatic carbocycles. The highest BCUT2D eigenvalue weighted by atomic mass is 35.5. The van der Waals surface area contributed by atoms with Crippen LogP contribution >= 0.6 is 22.9 Å². The van der Waals surface area contributed by atoms with Gasteiger partial charge in [0.1, 0.15) is 0 Å². The van der Waals surface area contributed by atoms with Crippen molar-refractivity contribution in [2.75, 3.05) is 32.8 Å². The van der Waals surface area contributed by atoms with Crippen molar-refractivity contribution >= 4 is 22.9 Å². The second-order valence-electron chi connectivity index (χ2n) is 6.38. The lowest BCUT2D eigenvalue weighted by Gasteiger charge is -2.42. The van der Waals surface area contributed by atoms with Gasteiger partial charge in [0.25, 0.3) is 0 Å². The van der Waals surface area contributed by atoms with E-state index in [-0.39, 0.29) is 0 Å². The molecule has 2 saturated heterocycles. The number of thiophene rings is 1. The van der Waals surface area contributed by atoms with E-state index in [4.69, 9.17) is 11.6 Å². The molecule has 21 heavy (non-hydrogen) atoms. The van der Waals surface area contributed by atoms with E-state index in [2.05, 4.69) is 15.2 Å². The van der Waals surface area contributed by atoms with E-state index in [1.165, 1.54) is 50.2 Å². The van der Waals surface area contributed by atoms with Gasteiger partial charge in [-0.25, -0.2) is 0 Å².